The molecule has 6 heteroatoms. The molecule has 1 saturated heterocycles. The number of aromatic hydroxyl groups is 1. The molecule has 0 aliphatic carbocycles. The van der Waals surface area contributed by atoms with E-state index in [2.05, 4.69) is 9.89 Å². The first-order valence-electron chi connectivity index (χ1n) is 8.75. The van der Waals surface area contributed by atoms with Crippen molar-refractivity contribution in [3.63, 3.8) is 0 Å². The van der Waals surface area contributed by atoms with Crippen LogP contribution < -0.4 is 20.2 Å². The molecule has 6 nitrogen and oxygen atoms in total. The predicted molar refractivity (Wildman–Crippen MR) is 99.7 cm³/mol. The largest absolute Gasteiger partial charge is 0.505 e. The number of phenolic OH excluding ortho intramolecular Hbond substituents is 1. The van der Waals surface area contributed by atoms with Gasteiger partial charge in [-0.15, -0.1) is 0 Å². The zero-order valence-electron chi connectivity index (χ0n) is 14.9. The number of hydrogen-bond acceptors (Lipinski definition) is 5. The highest BCUT2D eigenvalue weighted by atomic mass is 16.5. The number of phenols is 1. The Balaban J connectivity index is 1.67. The third kappa shape index (κ3) is 2.87. The van der Waals surface area contributed by atoms with E-state index in [9.17, 15) is 9.90 Å². The van der Waals surface area contributed by atoms with E-state index in [4.69, 9.17) is 4.74 Å². The molecule has 1 fully saturated rings. The van der Waals surface area contributed by atoms with Crippen molar-refractivity contribution >= 4 is 23.4 Å². The molecule has 26 heavy (non-hydrogen) atoms. The molecule has 1 amide bonds. The van der Waals surface area contributed by atoms with Crippen molar-refractivity contribution in [3.05, 3.63) is 40.9 Å². The Kier molecular flexibility index (Phi) is 4.03. The van der Waals surface area contributed by atoms with Crippen molar-refractivity contribution in [1.82, 2.24) is 4.90 Å². The number of nitrogens with zero attached hydrogens (tertiary/aromatic N) is 3. The highest BCUT2D eigenvalue weighted by Gasteiger charge is 2.23. The Morgan fingerprint density at radius 2 is 1.92 bits per heavy atom. The maximum Gasteiger partial charge on any atom is 0.219 e. The van der Waals surface area contributed by atoms with Gasteiger partial charge in [-0.1, -0.05) is 12.1 Å². The molecule has 2 aromatic rings. The van der Waals surface area contributed by atoms with Crippen LogP contribution in [0.2, 0.25) is 0 Å². The van der Waals surface area contributed by atoms with Crippen LogP contribution in [0.15, 0.2) is 35.3 Å². The Bertz CT molecular complexity index is 992. The number of piperazine rings is 1. The zero-order valence-corrected chi connectivity index (χ0v) is 14.9. The lowest BCUT2D eigenvalue weighted by molar-refractivity contribution is -0.129. The fourth-order valence-corrected chi connectivity index (χ4v) is 3.35. The number of rotatable bonds is 1. The topological polar surface area (TPSA) is 65.4 Å². The Hall–Kier alpha value is -3.02. The van der Waals surface area contributed by atoms with Crippen LogP contribution in [-0.2, 0) is 4.79 Å². The van der Waals surface area contributed by atoms with Gasteiger partial charge in [-0.2, -0.15) is 0 Å². The van der Waals surface area contributed by atoms with Gasteiger partial charge in [-0.25, -0.2) is 4.99 Å². The van der Waals surface area contributed by atoms with Crippen LogP contribution in [0.1, 0.15) is 13.8 Å². The van der Waals surface area contributed by atoms with Crippen LogP contribution >= 0.6 is 0 Å². The predicted octanol–water partition coefficient (Wildman–Crippen LogP) is 1.92. The van der Waals surface area contributed by atoms with Crippen LogP contribution in [0.5, 0.6) is 17.2 Å². The zero-order chi connectivity index (χ0) is 18.3. The molecule has 2 aliphatic rings. The summed E-state index contributed by atoms with van der Waals surface area (Å²) in [5.41, 5.74) is 1.33. The first kappa shape index (κ1) is 16.4. The van der Waals surface area contributed by atoms with Gasteiger partial charge in [0, 0.05) is 50.9 Å². The summed E-state index contributed by atoms with van der Waals surface area (Å²) in [4.78, 5) is 20.0. The number of anilines is 1. The lowest BCUT2D eigenvalue weighted by atomic mass is 10.1. The molecular formula is C20H21N3O3. The SMILES string of the molecule is CC=c1ccc2c(c1)Oc1cc(N3CCN(C(C)=O)CC3)cc(O)c1N=2. The molecule has 2 aliphatic heterocycles. The van der Waals surface area contributed by atoms with E-state index in [1.165, 1.54) is 0 Å². The third-order valence-corrected chi connectivity index (χ3v) is 4.90. The van der Waals surface area contributed by atoms with E-state index in [1.807, 2.05) is 42.2 Å². The molecule has 0 aromatic heterocycles. The molecule has 0 spiro atoms. The minimum absolute atomic E-state index is 0.0974. The number of benzene rings is 2. The van der Waals surface area contributed by atoms with E-state index < -0.39 is 0 Å². The Morgan fingerprint density at radius 3 is 2.62 bits per heavy atom. The molecule has 2 aromatic carbocycles. The number of carbonyl (C=O) groups excluding carboxylic acids is 1. The molecule has 0 atom stereocenters. The molecule has 0 radical (unpaired) electrons. The minimum Gasteiger partial charge on any atom is -0.505 e. The van der Waals surface area contributed by atoms with E-state index in [0.717, 1.165) is 24.0 Å². The number of ether oxygens (including phenoxy) is 1. The van der Waals surface area contributed by atoms with Gasteiger partial charge in [0.1, 0.15) is 16.8 Å². The molecular weight excluding hydrogens is 330 g/mol. The van der Waals surface area contributed by atoms with Gasteiger partial charge in [0.05, 0.1) is 0 Å². The monoisotopic (exact) mass is 351 g/mol. The summed E-state index contributed by atoms with van der Waals surface area (Å²) in [7, 11) is 0. The maximum absolute atomic E-state index is 11.5. The second-order valence-corrected chi connectivity index (χ2v) is 6.53. The van der Waals surface area contributed by atoms with Crippen molar-refractivity contribution in [1.29, 1.82) is 0 Å². The Morgan fingerprint density at radius 1 is 1.15 bits per heavy atom. The van der Waals surface area contributed by atoms with Gasteiger partial charge in [-0.3, -0.25) is 4.79 Å². The van der Waals surface area contributed by atoms with Gasteiger partial charge >= 0.3 is 0 Å². The highest BCUT2D eigenvalue weighted by Crippen LogP contribution is 2.43. The van der Waals surface area contributed by atoms with Crippen molar-refractivity contribution in [2.45, 2.75) is 13.8 Å². The number of fused-ring (bicyclic) bond motifs is 2. The minimum atomic E-state index is 0.0974. The second-order valence-electron chi connectivity index (χ2n) is 6.53. The molecule has 1 N–H and O–H groups in total. The number of carbonyl (C=O) groups is 1. The molecule has 0 saturated carbocycles. The first-order valence-corrected chi connectivity index (χ1v) is 8.75. The molecule has 0 bridgehead atoms. The lowest BCUT2D eigenvalue weighted by Gasteiger charge is -2.36. The number of amides is 1. The van der Waals surface area contributed by atoms with Crippen LogP contribution in [0, 0.1) is 0 Å². The quantitative estimate of drug-likeness (QED) is 0.727. The van der Waals surface area contributed by atoms with Crippen molar-refractivity contribution in [2.24, 2.45) is 4.99 Å². The van der Waals surface area contributed by atoms with E-state index in [1.54, 1.807) is 13.0 Å². The average molecular weight is 351 g/mol. The fourth-order valence-electron chi connectivity index (χ4n) is 3.35. The van der Waals surface area contributed by atoms with Crippen LogP contribution in [0.4, 0.5) is 11.4 Å². The Labute approximate surface area is 151 Å². The first-order chi connectivity index (χ1) is 12.5. The second kappa shape index (κ2) is 6.37. The fraction of sp³-hybridized carbons (Fsp3) is 0.300. The van der Waals surface area contributed by atoms with Crippen LogP contribution in [-0.4, -0.2) is 42.1 Å². The summed E-state index contributed by atoms with van der Waals surface area (Å²) in [5, 5.41) is 12.2. The van der Waals surface area contributed by atoms with Gasteiger partial charge < -0.3 is 19.6 Å². The average Bonchev–Trinajstić information content (AvgIpc) is 2.66. The van der Waals surface area contributed by atoms with Crippen molar-refractivity contribution < 1.29 is 14.6 Å². The van der Waals surface area contributed by atoms with E-state index >= 15 is 0 Å². The van der Waals surface area contributed by atoms with Crippen LogP contribution in [0.3, 0.4) is 0 Å². The number of hydrogen-bond donors (Lipinski definition) is 1. The van der Waals surface area contributed by atoms with Crippen LogP contribution in [0.25, 0.3) is 6.08 Å². The summed E-state index contributed by atoms with van der Waals surface area (Å²) in [6.45, 7) is 6.37. The third-order valence-electron chi connectivity index (χ3n) is 4.90. The van der Waals surface area contributed by atoms with Gasteiger partial charge in [0.15, 0.2) is 11.5 Å². The lowest BCUT2D eigenvalue weighted by Crippen LogP contribution is -2.48. The van der Waals surface area contributed by atoms with Gasteiger partial charge in [-0.05, 0) is 24.3 Å². The van der Waals surface area contributed by atoms with Crippen molar-refractivity contribution in [3.8, 4) is 17.2 Å². The normalized spacial score (nSPS) is 16.5. The van der Waals surface area contributed by atoms with Gasteiger partial charge in [0.2, 0.25) is 5.91 Å². The van der Waals surface area contributed by atoms with Crippen molar-refractivity contribution in [2.75, 3.05) is 31.1 Å². The summed E-state index contributed by atoms with van der Waals surface area (Å²) in [5.74, 6) is 1.43. The summed E-state index contributed by atoms with van der Waals surface area (Å²) in [6.07, 6.45) is 2.00. The molecule has 4 rings (SSSR count). The summed E-state index contributed by atoms with van der Waals surface area (Å²) >= 11 is 0. The molecule has 2 heterocycles. The standard InChI is InChI=1S/C20H21N3O3/c1-3-14-4-5-16-18(10-14)26-19-12-15(11-17(25)20(19)21-16)23-8-6-22(7-9-23)13(2)24/h3-5,10-12,25H,6-9H2,1-2H3. The summed E-state index contributed by atoms with van der Waals surface area (Å²) in [6, 6.07) is 9.43. The maximum atomic E-state index is 11.5. The molecule has 134 valence electrons. The van der Waals surface area contributed by atoms with E-state index in [0.29, 0.717) is 35.6 Å². The highest BCUT2D eigenvalue weighted by molar-refractivity contribution is 5.74. The van der Waals surface area contributed by atoms with E-state index in [-0.39, 0.29) is 11.7 Å². The molecule has 0 unspecified atom stereocenters. The summed E-state index contributed by atoms with van der Waals surface area (Å²) < 4.78 is 6.03. The smallest absolute Gasteiger partial charge is 0.219 e. The van der Waals surface area contributed by atoms with Gasteiger partial charge in [0.25, 0.3) is 0 Å².